The zero-order chi connectivity index (χ0) is 5.33. The van der Waals surface area contributed by atoms with Crippen molar-refractivity contribution >= 4 is 11.8 Å². The number of β-amino-alcohol motifs (C(OH)–C–C–N with tert-alkyl or cyclic N) is 2. The third-order valence-corrected chi connectivity index (χ3v) is 1.72. The van der Waals surface area contributed by atoms with Gasteiger partial charge in [-0.1, -0.05) is 11.8 Å². The lowest BCUT2D eigenvalue weighted by Crippen LogP contribution is -2.27. The summed E-state index contributed by atoms with van der Waals surface area (Å²) in [6.45, 7) is 0.275. The molecular formula is C3H7NO2S. The fraction of sp³-hybridized carbons (Fsp3) is 1.00. The standard InChI is InChI=1S/C3H7NO2S/c5-3(6)1-4-2-7-3/h4-6H,1-2H2. The van der Waals surface area contributed by atoms with Crippen LogP contribution in [0.4, 0.5) is 0 Å². The fourth-order valence-corrected chi connectivity index (χ4v) is 1.07. The molecule has 0 aromatic carbocycles. The van der Waals surface area contributed by atoms with Gasteiger partial charge in [0.1, 0.15) is 0 Å². The molecule has 1 heterocycles. The van der Waals surface area contributed by atoms with Crippen molar-refractivity contribution in [2.75, 3.05) is 12.4 Å². The summed E-state index contributed by atoms with van der Waals surface area (Å²) in [5, 5.41) is 18.6. The van der Waals surface area contributed by atoms with E-state index in [0.717, 1.165) is 11.8 Å². The van der Waals surface area contributed by atoms with Gasteiger partial charge in [-0.3, -0.25) is 0 Å². The summed E-state index contributed by atoms with van der Waals surface area (Å²) >= 11 is 1.10. The van der Waals surface area contributed by atoms with Gasteiger partial charge in [0.15, 0.2) is 0 Å². The molecule has 3 nitrogen and oxygen atoms in total. The number of hydrogen-bond donors (Lipinski definition) is 3. The minimum Gasteiger partial charge on any atom is -0.356 e. The van der Waals surface area contributed by atoms with Crippen LogP contribution in [0, 0.1) is 0 Å². The van der Waals surface area contributed by atoms with Crippen LogP contribution in [0.3, 0.4) is 0 Å². The molecule has 0 aliphatic carbocycles. The molecular weight excluding hydrogens is 114 g/mol. The monoisotopic (exact) mass is 121 g/mol. The molecule has 42 valence electrons. The molecule has 1 fully saturated rings. The van der Waals surface area contributed by atoms with Crippen molar-refractivity contribution in [1.29, 1.82) is 0 Å². The quantitative estimate of drug-likeness (QED) is 0.357. The highest BCUT2D eigenvalue weighted by Gasteiger charge is 2.27. The van der Waals surface area contributed by atoms with E-state index in [9.17, 15) is 0 Å². The van der Waals surface area contributed by atoms with E-state index in [0.29, 0.717) is 5.88 Å². The van der Waals surface area contributed by atoms with Crippen molar-refractivity contribution in [3.63, 3.8) is 0 Å². The Kier molecular flexibility index (Phi) is 1.25. The molecule has 0 radical (unpaired) electrons. The third-order valence-electron chi connectivity index (χ3n) is 0.761. The zero-order valence-electron chi connectivity index (χ0n) is 3.72. The van der Waals surface area contributed by atoms with Gasteiger partial charge in [-0.15, -0.1) is 0 Å². The van der Waals surface area contributed by atoms with Crippen LogP contribution < -0.4 is 5.32 Å². The Morgan fingerprint density at radius 2 is 2.29 bits per heavy atom. The van der Waals surface area contributed by atoms with Crippen LogP contribution in [-0.4, -0.2) is 27.8 Å². The molecule has 4 heteroatoms. The second kappa shape index (κ2) is 1.63. The predicted molar refractivity (Wildman–Crippen MR) is 27.6 cm³/mol. The van der Waals surface area contributed by atoms with Crippen LogP contribution in [0.5, 0.6) is 0 Å². The van der Waals surface area contributed by atoms with E-state index in [-0.39, 0.29) is 6.54 Å². The second-order valence-corrected chi connectivity index (χ2v) is 2.69. The summed E-state index contributed by atoms with van der Waals surface area (Å²) in [7, 11) is 0. The van der Waals surface area contributed by atoms with E-state index >= 15 is 0 Å². The molecule has 0 spiro atoms. The number of rotatable bonds is 0. The highest BCUT2D eigenvalue weighted by Crippen LogP contribution is 2.21. The van der Waals surface area contributed by atoms with E-state index in [1.54, 1.807) is 0 Å². The van der Waals surface area contributed by atoms with Gasteiger partial charge in [0.2, 0.25) is 5.12 Å². The lowest BCUT2D eigenvalue weighted by Gasteiger charge is -2.08. The Bertz CT molecular complexity index is 67.3. The Labute approximate surface area is 45.7 Å². The van der Waals surface area contributed by atoms with Gasteiger partial charge >= 0.3 is 0 Å². The van der Waals surface area contributed by atoms with Gasteiger partial charge in [-0.05, 0) is 0 Å². The molecule has 7 heavy (non-hydrogen) atoms. The predicted octanol–water partition coefficient (Wildman–Crippen LogP) is -1.08. The number of aliphatic hydroxyl groups is 2. The van der Waals surface area contributed by atoms with E-state index in [1.165, 1.54) is 0 Å². The van der Waals surface area contributed by atoms with E-state index in [2.05, 4.69) is 5.32 Å². The SMILES string of the molecule is OC1(O)CNCS1. The van der Waals surface area contributed by atoms with Gasteiger partial charge in [-0.2, -0.15) is 0 Å². The average Bonchev–Trinajstić information content (AvgIpc) is 1.84. The Morgan fingerprint density at radius 1 is 1.57 bits per heavy atom. The maximum Gasteiger partial charge on any atom is 0.227 e. The number of nitrogens with one attached hydrogen (secondary N) is 1. The normalized spacial score (nSPS) is 28.3. The molecule has 1 aliphatic heterocycles. The van der Waals surface area contributed by atoms with Crippen molar-refractivity contribution in [3.8, 4) is 0 Å². The topological polar surface area (TPSA) is 52.5 Å². The lowest BCUT2D eigenvalue weighted by atomic mass is 10.6. The average molecular weight is 121 g/mol. The highest BCUT2D eigenvalue weighted by molar-refractivity contribution is 8.00. The molecule has 3 N–H and O–H groups in total. The van der Waals surface area contributed by atoms with E-state index in [1.807, 2.05) is 0 Å². The zero-order valence-corrected chi connectivity index (χ0v) is 4.53. The van der Waals surface area contributed by atoms with Crippen molar-refractivity contribution in [1.82, 2.24) is 5.32 Å². The van der Waals surface area contributed by atoms with Crippen LogP contribution in [0.1, 0.15) is 0 Å². The summed E-state index contributed by atoms with van der Waals surface area (Å²) in [6.07, 6.45) is 0. The van der Waals surface area contributed by atoms with Gasteiger partial charge in [0.25, 0.3) is 0 Å². The van der Waals surface area contributed by atoms with Crippen molar-refractivity contribution in [3.05, 3.63) is 0 Å². The summed E-state index contributed by atoms with van der Waals surface area (Å²) in [5.41, 5.74) is 0. The van der Waals surface area contributed by atoms with Crippen LogP contribution in [0.2, 0.25) is 0 Å². The highest BCUT2D eigenvalue weighted by atomic mass is 32.2. The van der Waals surface area contributed by atoms with Crippen molar-refractivity contribution < 1.29 is 10.2 Å². The van der Waals surface area contributed by atoms with Crippen LogP contribution in [0.25, 0.3) is 0 Å². The molecule has 0 saturated carbocycles. The molecule has 1 saturated heterocycles. The molecule has 0 aromatic rings. The minimum atomic E-state index is -1.50. The van der Waals surface area contributed by atoms with Crippen molar-refractivity contribution in [2.24, 2.45) is 0 Å². The lowest BCUT2D eigenvalue weighted by molar-refractivity contribution is -0.0659. The smallest absolute Gasteiger partial charge is 0.227 e. The molecule has 0 unspecified atom stereocenters. The Balaban J connectivity index is 2.40. The summed E-state index contributed by atoms with van der Waals surface area (Å²) in [4.78, 5) is 0. The van der Waals surface area contributed by atoms with Crippen LogP contribution in [0.15, 0.2) is 0 Å². The first-order valence-electron chi connectivity index (χ1n) is 2.00. The number of hydrogen-bond acceptors (Lipinski definition) is 4. The van der Waals surface area contributed by atoms with Crippen molar-refractivity contribution in [2.45, 2.75) is 5.12 Å². The van der Waals surface area contributed by atoms with Gasteiger partial charge in [0.05, 0.1) is 6.54 Å². The first-order valence-corrected chi connectivity index (χ1v) is 2.99. The Hall–Kier alpha value is 0.230. The molecule has 1 rings (SSSR count). The largest absolute Gasteiger partial charge is 0.356 e. The van der Waals surface area contributed by atoms with E-state index < -0.39 is 5.12 Å². The van der Waals surface area contributed by atoms with Crippen LogP contribution >= 0.6 is 11.8 Å². The summed E-state index contributed by atoms with van der Waals surface area (Å²) in [6, 6.07) is 0. The first-order chi connectivity index (χ1) is 3.21. The maximum absolute atomic E-state index is 8.65. The summed E-state index contributed by atoms with van der Waals surface area (Å²) < 4.78 is 0. The van der Waals surface area contributed by atoms with Gasteiger partial charge < -0.3 is 15.5 Å². The fourth-order valence-electron chi connectivity index (χ4n) is 0.432. The van der Waals surface area contributed by atoms with Crippen LogP contribution in [-0.2, 0) is 0 Å². The van der Waals surface area contributed by atoms with Gasteiger partial charge in [0, 0.05) is 5.88 Å². The summed E-state index contributed by atoms with van der Waals surface area (Å²) in [5.74, 6) is 0.632. The first kappa shape index (κ1) is 5.37. The number of thioether (sulfide) groups is 1. The molecule has 0 bridgehead atoms. The molecule has 0 aromatic heterocycles. The Morgan fingerprint density at radius 3 is 2.43 bits per heavy atom. The molecule has 0 amide bonds. The second-order valence-electron chi connectivity index (χ2n) is 1.46. The molecule has 1 aliphatic rings. The molecule has 0 atom stereocenters. The maximum atomic E-state index is 8.65. The van der Waals surface area contributed by atoms with E-state index in [4.69, 9.17) is 10.2 Å². The third kappa shape index (κ3) is 1.31. The minimum absolute atomic E-state index is 0.275. The van der Waals surface area contributed by atoms with Gasteiger partial charge in [-0.25, -0.2) is 0 Å².